The maximum atomic E-state index is 7.04. The Bertz CT molecular complexity index is 3050. The lowest BCUT2D eigenvalue weighted by atomic mass is 9.91. The van der Waals surface area contributed by atoms with E-state index in [0.29, 0.717) is 185 Å². The van der Waals surface area contributed by atoms with Gasteiger partial charge >= 0.3 is 0 Å². The van der Waals surface area contributed by atoms with Crippen LogP contribution in [0, 0.1) is 69.0 Å². The van der Waals surface area contributed by atoms with E-state index < -0.39 is 21.7 Å². The van der Waals surface area contributed by atoms with Gasteiger partial charge in [-0.05, 0) is 98.7 Å². The average molecular weight is 1830 g/mol. The van der Waals surface area contributed by atoms with Crippen LogP contribution in [0.2, 0.25) is 8.67 Å². The van der Waals surface area contributed by atoms with Gasteiger partial charge in [0.15, 0.2) is 46.0 Å². The van der Waals surface area contributed by atoms with Gasteiger partial charge in [0, 0.05) is 63.6 Å². The molecule has 0 saturated carbocycles. The first-order valence-corrected chi connectivity index (χ1v) is 53.1. The quantitative estimate of drug-likeness (QED) is 0.0412. The van der Waals surface area contributed by atoms with E-state index in [-0.39, 0.29) is 0 Å². The molecule has 0 saturated heterocycles. The molecule has 8 atom stereocenters. The van der Waals surface area contributed by atoms with Crippen LogP contribution in [0.4, 0.5) is 0 Å². The molecule has 4 aliphatic rings. The second-order valence-corrected chi connectivity index (χ2v) is 42.0. The lowest BCUT2D eigenvalue weighted by Crippen LogP contribution is -2.43. The number of unbranched alkanes of at least 4 members (excludes halogenated alkanes) is 8. The molecule has 122 heavy (non-hydrogen) atoms. The number of hydrogen-bond acceptors (Lipinski definition) is 20. The fraction of sp³-hybridized carbons (Fsp3) is 0.840. The molecule has 16 nitrogen and oxygen atoms in total. The molecule has 0 spiro atoms. The van der Waals surface area contributed by atoms with Crippen molar-refractivity contribution in [3.05, 3.63) is 19.4 Å². The highest BCUT2D eigenvalue weighted by atomic mass is 35.5. The zero-order valence-corrected chi connectivity index (χ0v) is 84.1. The van der Waals surface area contributed by atoms with Crippen LogP contribution in [0.3, 0.4) is 0 Å². The minimum atomic E-state index is -0.490. The van der Waals surface area contributed by atoms with Gasteiger partial charge in [-0.1, -0.05) is 288 Å². The van der Waals surface area contributed by atoms with Gasteiger partial charge < -0.3 is 75.8 Å². The standard InChI is InChI=1S/2C50H85ClO8S2/c2*1-9-17-21-38(13-5)25-52-30-49(31-53-26-39(14-6)22-18-10-2)34-56-42-29-60-46(43(42)57-35-49)47-44-45(48(51)61-47)59-37-50(36-58-44,32-54-27-40(15-7)23-19-11-3)33-55-28-41(16-8)24-20-12-4/h2*29,38-41H,9-28,30-37H2,1-8H3. The van der Waals surface area contributed by atoms with E-state index in [1.54, 1.807) is 22.7 Å². The Morgan fingerprint density at radius 3 is 0.623 bits per heavy atom. The maximum absolute atomic E-state index is 7.04. The van der Waals surface area contributed by atoms with Crippen molar-refractivity contribution in [2.24, 2.45) is 69.0 Å². The molecule has 4 aliphatic heterocycles. The SMILES string of the molecule is CCCCC(CC)COCC1(COCC(CC)CCCC)COc2csc(-c3sc(Cl)c4c3OCC(COCC(CC)CCCC)(COCC(CC)CCCC)CO4)c2OC1.CCCCC(CC)COCC1(COCC(CC)CCCC)COc2csc(-c3sc(Cl)c4c3OCC(COCC(CC)CCCC)(COCC(CC)CCCC)CO4)c2OC1. The highest BCUT2D eigenvalue weighted by molar-refractivity contribution is 7.25. The van der Waals surface area contributed by atoms with Crippen LogP contribution in [0.1, 0.15) is 316 Å². The van der Waals surface area contributed by atoms with E-state index in [9.17, 15) is 0 Å². The second-order valence-electron chi connectivity index (χ2n) is 37.0. The fourth-order valence-electron chi connectivity index (χ4n) is 16.5. The highest BCUT2D eigenvalue weighted by Gasteiger charge is 2.45. The molecule has 0 aromatic carbocycles. The van der Waals surface area contributed by atoms with Gasteiger partial charge in [-0.3, -0.25) is 0 Å². The fourth-order valence-corrected chi connectivity index (χ4v) is 21.3. The molecular weight excluding hydrogens is 1660 g/mol. The Hall–Kier alpha value is -2.54. The second kappa shape index (κ2) is 59.7. The molecule has 4 aromatic heterocycles. The molecule has 0 bridgehead atoms. The van der Waals surface area contributed by atoms with Crippen molar-refractivity contribution in [3.63, 3.8) is 0 Å². The summed E-state index contributed by atoms with van der Waals surface area (Å²) in [5.74, 6) is 9.75. The van der Waals surface area contributed by atoms with Crippen LogP contribution >= 0.6 is 68.5 Å². The van der Waals surface area contributed by atoms with E-state index >= 15 is 0 Å². The lowest BCUT2D eigenvalue weighted by Gasteiger charge is -2.32. The Balaban J connectivity index is 0.000000336. The summed E-state index contributed by atoms with van der Waals surface area (Å²) in [6.45, 7) is 49.4. The van der Waals surface area contributed by atoms with E-state index in [1.165, 1.54) is 177 Å². The summed E-state index contributed by atoms with van der Waals surface area (Å²) in [5, 5.41) is 4.10. The van der Waals surface area contributed by atoms with Gasteiger partial charge in [0.05, 0.1) is 94.0 Å². The molecule has 0 N–H and O–H groups in total. The summed E-state index contributed by atoms with van der Waals surface area (Å²) in [6.07, 6.45) is 37.8. The van der Waals surface area contributed by atoms with Crippen LogP contribution in [0.25, 0.3) is 19.5 Å². The highest BCUT2D eigenvalue weighted by Crippen LogP contribution is 2.60. The zero-order valence-electron chi connectivity index (χ0n) is 79.3. The Morgan fingerprint density at radius 1 is 0.254 bits per heavy atom. The van der Waals surface area contributed by atoms with Crippen LogP contribution in [0.5, 0.6) is 46.0 Å². The van der Waals surface area contributed by atoms with Gasteiger partial charge in [-0.25, -0.2) is 0 Å². The van der Waals surface area contributed by atoms with Gasteiger partial charge in [-0.15, -0.1) is 45.3 Å². The topological polar surface area (TPSA) is 148 Å². The van der Waals surface area contributed by atoms with Crippen molar-refractivity contribution in [3.8, 4) is 65.5 Å². The molecule has 8 rings (SSSR count). The summed E-state index contributed by atoms with van der Waals surface area (Å²) >= 11 is 20.2. The normalized spacial score (nSPS) is 20.9. The number of thiophene rings is 4. The molecular formula is C100H170Cl2O16S4. The number of rotatable bonds is 66. The smallest absolute Gasteiger partial charge is 0.191 e. The summed E-state index contributed by atoms with van der Waals surface area (Å²) in [6, 6.07) is 0. The Labute approximate surface area is 767 Å². The lowest BCUT2D eigenvalue weighted by molar-refractivity contribution is -0.0717. The van der Waals surface area contributed by atoms with Gasteiger partial charge in [-0.2, -0.15) is 0 Å². The number of hydrogen-bond donors (Lipinski definition) is 0. The van der Waals surface area contributed by atoms with Crippen LogP contribution in [-0.4, -0.2) is 159 Å². The van der Waals surface area contributed by atoms with Crippen molar-refractivity contribution in [1.29, 1.82) is 0 Å². The molecule has 4 aromatic rings. The Kier molecular flexibility index (Phi) is 52.1. The van der Waals surface area contributed by atoms with E-state index in [2.05, 4.69) is 111 Å². The molecule has 8 unspecified atom stereocenters. The first-order chi connectivity index (χ1) is 59.5. The molecule has 0 fully saturated rings. The van der Waals surface area contributed by atoms with E-state index in [1.807, 2.05) is 10.8 Å². The minimum Gasteiger partial charge on any atom is -0.488 e. The van der Waals surface area contributed by atoms with E-state index in [0.717, 1.165) is 147 Å². The first-order valence-electron chi connectivity index (χ1n) is 49.0. The number of fused-ring (bicyclic) bond motifs is 4. The largest absolute Gasteiger partial charge is 0.488 e. The summed E-state index contributed by atoms with van der Waals surface area (Å²) in [7, 11) is 0. The molecule has 22 heteroatoms. The van der Waals surface area contributed by atoms with Crippen molar-refractivity contribution in [2.45, 2.75) is 316 Å². The summed E-state index contributed by atoms with van der Waals surface area (Å²) < 4.78 is 108. The van der Waals surface area contributed by atoms with Gasteiger partial charge in [0.1, 0.15) is 61.5 Å². The van der Waals surface area contributed by atoms with Crippen molar-refractivity contribution in [2.75, 3.05) is 159 Å². The average Bonchev–Trinajstić information content (AvgIpc) is 1.61. The third-order valence-electron chi connectivity index (χ3n) is 26.0. The van der Waals surface area contributed by atoms with Gasteiger partial charge in [0.25, 0.3) is 0 Å². The molecule has 0 aliphatic carbocycles. The Morgan fingerprint density at radius 2 is 0.434 bits per heavy atom. The number of halogens is 2. The van der Waals surface area contributed by atoms with Crippen molar-refractivity contribution in [1.82, 2.24) is 0 Å². The molecule has 0 radical (unpaired) electrons. The summed E-state index contributed by atoms with van der Waals surface area (Å²) in [5.41, 5.74) is -1.89. The molecule has 8 heterocycles. The predicted molar refractivity (Wildman–Crippen MR) is 512 cm³/mol. The van der Waals surface area contributed by atoms with Crippen molar-refractivity contribution >= 4 is 68.5 Å². The summed E-state index contributed by atoms with van der Waals surface area (Å²) in [4.78, 5) is 3.66. The molecule has 704 valence electrons. The predicted octanol–water partition coefficient (Wildman–Crippen LogP) is 29.2. The zero-order chi connectivity index (χ0) is 87.9. The number of ether oxygens (including phenoxy) is 16. The minimum absolute atomic E-state index is 0.396. The van der Waals surface area contributed by atoms with Crippen LogP contribution in [-0.2, 0) is 37.9 Å². The third kappa shape index (κ3) is 34.3. The monoisotopic (exact) mass is 1830 g/mol. The van der Waals surface area contributed by atoms with Crippen molar-refractivity contribution < 1.29 is 75.8 Å². The first kappa shape index (κ1) is 107. The van der Waals surface area contributed by atoms with Crippen LogP contribution < -0.4 is 37.9 Å². The molecule has 0 amide bonds. The van der Waals surface area contributed by atoms with E-state index in [4.69, 9.17) is 99.0 Å². The van der Waals surface area contributed by atoms with Crippen LogP contribution in [0.15, 0.2) is 10.8 Å². The third-order valence-corrected chi connectivity index (χ3v) is 30.9. The maximum Gasteiger partial charge on any atom is 0.191 e. The van der Waals surface area contributed by atoms with Gasteiger partial charge in [0.2, 0.25) is 0 Å².